The Morgan fingerprint density at radius 3 is 2.37 bits per heavy atom. The van der Waals surface area contributed by atoms with Crippen LogP contribution in [0.5, 0.6) is 0 Å². The first-order valence-corrected chi connectivity index (χ1v) is 10.2. The first-order valence-electron chi connectivity index (χ1n) is 10.2. The molecular formula is C25H28FN3O. The van der Waals surface area contributed by atoms with Gasteiger partial charge in [0.1, 0.15) is 11.9 Å². The fourth-order valence-electron chi connectivity index (χ4n) is 3.62. The van der Waals surface area contributed by atoms with Gasteiger partial charge in [0.15, 0.2) is 0 Å². The van der Waals surface area contributed by atoms with Crippen molar-refractivity contribution < 1.29 is 9.18 Å². The summed E-state index contributed by atoms with van der Waals surface area (Å²) in [6, 6.07) is 18.5. The lowest BCUT2D eigenvalue weighted by Crippen LogP contribution is -2.36. The second kappa shape index (κ2) is 10.1. The third kappa shape index (κ3) is 5.30. The normalized spacial score (nSPS) is 12.9. The Morgan fingerprint density at radius 2 is 1.73 bits per heavy atom. The van der Waals surface area contributed by atoms with Crippen molar-refractivity contribution in [2.45, 2.75) is 32.2 Å². The smallest absolute Gasteiger partial charge is 0.241 e. The molecule has 0 saturated heterocycles. The zero-order valence-corrected chi connectivity index (χ0v) is 17.7. The van der Waals surface area contributed by atoms with Crippen LogP contribution in [0, 0.1) is 19.7 Å². The van der Waals surface area contributed by atoms with Gasteiger partial charge in [0.2, 0.25) is 5.91 Å². The highest BCUT2D eigenvalue weighted by Gasteiger charge is 2.21. The van der Waals surface area contributed by atoms with Gasteiger partial charge in [-0.15, -0.1) is 0 Å². The molecule has 0 bridgehead atoms. The van der Waals surface area contributed by atoms with E-state index in [9.17, 15) is 9.18 Å². The molecule has 0 aliphatic rings. The molecule has 3 aromatic rings. The molecule has 0 aliphatic heterocycles. The Hall–Kier alpha value is -3.05. The number of rotatable bonds is 8. The van der Waals surface area contributed by atoms with Crippen LogP contribution in [0.2, 0.25) is 0 Å². The van der Waals surface area contributed by atoms with E-state index < -0.39 is 6.04 Å². The fourth-order valence-corrected chi connectivity index (χ4v) is 3.62. The van der Waals surface area contributed by atoms with Gasteiger partial charge in [-0.2, -0.15) is 0 Å². The monoisotopic (exact) mass is 405 g/mol. The summed E-state index contributed by atoms with van der Waals surface area (Å²) in [7, 11) is 1.64. The number of carbonyl (C=O) groups excluding carboxylic acids is 1. The third-order valence-electron chi connectivity index (χ3n) is 5.34. The highest BCUT2D eigenvalue weighted by atomic mass is 19.1. The van der Waals surface area contributed by atoms with Crippen LogP contribution >= 0.6 is 0 Å². The van der Waals surface area contributed by atoms with E-state index in [2.05, 4.69) is 21.7 Å². The summed E-state index contributed by atoms with van der Waals surface area (Å²) in [6.45, 7) is 4.34. The van der Waals surface area contributed by atoms with Crippen LogP contribution in [0.4, 0.5) is 4.39 Å². The van der Waals surface area contributed by atoms with E-state index in [1.165, 1.54) is 6.07 Å². The predicted molar refractivity (Wildman–Crippen MR) is 118 cm³/mol. The molecule has 1 amide bonds. The minimum atomic E-state index is -0.428. The second-order valence-electron chi connectivity index (χ2n) is 7.49. The van der Waals surface area contributed by atoms with Crippen molar-refractivity contribution in [1.82, 2.24) is 15.6 Å². The molecule has 0 aliphatic carbocycles. The van der Waals surface area contributed by atoms with Gasteiger partial charge in [-0.3, -0.25) is 9.78 Å². The van der Waals surface area contributed by atoms with Crippen molar-refractivity contribution in [3.63, 3.8) is 0 Å². The molecule has 0 spiro atoms. The van der Waals surface area contributed by atoms with E-state index in [1.54, 1.807) is 14.0 Å². The average Bonchev–Trinajstić information content (AvgIpc) is 2.77. The largest absolute Gasteiger partial charge is 0.358 e. The van der Waals surface area contributed by atoms with Crippen LogP contribution in [0.25, 0.3) is 0 Å². The first kappa shape index (κ1) is 21.7. The van der Waals surface area contributed by atoms with E-state index in [-0.39, 0.29) is 17.6 Å². The molecule has 156 valence electrons. The quantitative estimate of drug-likeness (QED) is 0.583. The van der Waals surface area contributed by atoms with Crippen molar-refractivity contribution in [3.05, 3.63) is 101 Å². The lowest BCUT2D eigenvalue weighted by molar-refractivity contribution is -0.122. The van der Waals surface area contributed by atoms with Crippen LogP contribution in [0.3, 0.4) is 0 Å². The maximum Gasteiger partial charge on any atom is 0.241 e. The van der Waals surface area contributed by atoms with Crippen LogP contribution in [0.1, 0.15) is 46.3 Å². The molecule has 0 unspecified atom stereocenters. The zero-order valence-electron chi connectivity index (χ0n) is 17.7. The second-order valence-corrected chi connectivity index (χ2v) is 7.49. The lowest BCUT2D eigenvalue weighted by atomic mass is 9.88. The third-order valence-corrected chi connectivity index (χ3v) is 5.34. The Kier molecular flexibility index (Phi) is 7.31. The molecule has 2 aromatic carbocycles. The van der Waals surface area contributed by atoms with E-state index in [1.807, 2.05) is 61.7 Å². The number of carbonyl (C=O) groups is 1. The summed E-state index contributed by atoms with van der Waals surface area (Å²) in [5.41, 5.74) is 4.61. The number of benzene rings is 2. The first-order chi connectivity index (χ1) is 14.5. The Labute approximate surface area is 177 Å². The van der Waals surface area contributed by atoms with E-state index >= 15 is 0 Å². The standard InChI is InChI=1S/C25H28FN3O/c1-17-15-20(11-12-23(17)26)22(21-10-9-18(2)29-16-21)13-14-28-24(25(30)27-3)19-7-5-4-6-8-19/h4-12,15-16,22,24,28H,13-14H2,1-3H3,(H,27,30)/t22-,24+/m0/s1. The number of hydrogen-bond donors (Lipinski definition) is 2. The molecule has 4 nitrogen and oxygen atoms in total. The Bertz CT molecular complexity index is 973. The molecule has 1 heterocycles. The maximum atomic E-state index is 13.8. The highest BCUT2D eigenvalue weighted by molar-refractivity contribution is 5.82. The summed E-state index contributed by atoms with van der Waals surface area (Å²) >= 11 is 0. The van der Waals surface area contributed by atoms with Crippen molar-refractivity contribution in [2.75, 3.05) is 13.6 Å². The number of hydrogen-bond acceptors (Lipinski definition) is 3. The zero-order chi connectivity index (χ0) is 21.5. The number of amides is 1. The molecular weight excluding hydrogens is 377 g/mol. The van der Waals surface area contributed by atoms with Crippen molar-refractivity contribution >= 4 is 5.91 Å². The van der Waals surface area contributed by atoms with Crippen molar-refractivity contribution in [2.24, 2.45) is 0 Å². The van der Waals surface area contributed by atoms with Gasteiger partial charge in [0, 0.05) is 24.9 Å². The molecule has 1 aromatic heterocycles. The number of nitrogens with one attached hydrogen (secondary N) is 2. The number of aryl methyl sites for hydroxylation is 2. The van der Waals surface area contributed by atoms with Gasteiger partial charge in [0.05, 0.1) is 0 Å². The molecule has 3 rings (SSSR count). The molecule has 2 atom stereocenters. The van der Waals surface area contributed by atoms with Crippen LogP contribution in [-0.2, 0) is 4.79 Å². The van der Waals surface area contributed by atoms with Gasteiger partial charge < -0.3 is 10.6 Å². The van der Waals surface area contributed by atoms with Gasteiger partial charge in [-0.25, -0.2) is 4.39 Å². The van der Waals surface area contributed by atoms with Gasteiger partial charge >= 0.3 is 0 Å². The lowest BCUT2D eigenvalue weighted by Gasteiger charge is -2.22. The molecule has 0 saturated carbocycles. The summed E-state index contributed by atoms with van der Waals surface area (Å²) in [5.74, 6) is -0.236. The van der Waals surface area contributed by atoms with Gasteiger partial charge in [-0.1, -0.05) is 48.5 Å². The number of nitrogens with zero attached hydrogens (tertiary/aromatic N) is 1. The van der Waals surface area contributed by atoms with Crippen molar-refractivity contribution in [1.29, 1.82) is 0 Å². The van der Waals surface area contributed by atoms with E-state index in [0.29, 0.717) is 12.1 Å². The predicted octanol–water partition coefficient (Wildman–Crippen LogP) is 4.44. The summed E-state index contributed by atoms with van der Waals surface area (Å²) < 4.78 is 13.8. The minimum absolute atomic E-state index is 0.0472. The molecule has 2 N–H and O–H groups in total. The highest BCUT2D eigenvalue weighted by Crippen LogP contribution is 2.29. The average molecular weight is 406 g/mol. The van der Waals surface area contributed by atoms with Crippen molar-refractivity contribution in [3.8, 4) is 0 Å². The Morgan fingerprint density at radius 1 is 1.00 bits per heavy atom. The molecule has 0 fully saturated rings. The SMILES string of the molecule is CNC(=O)[C@H](NCC[C@H](c1ccc(C)nc1)c1ccc(F)c(C)c1)c1ccccc1. The fraction of sp³-hybridized carbons (Fsp3) is 0.280. The number of pyridine rings is 1. The number of aromatic nitrogens is 1. The maximum absolute atomic E-state index is 13.8. The molecule has 5 heteroatoms. The van der Waals surface area contributed by atoms with Gasteiger partial charge in [0.25, 0.3) is 0 Å². The summed E-state index contributed by atoms with van der Waals surface area (Å²) in [4.78, 5) is 16.9. The summed E-state index contributed by atoms with van der Waals surface area (Å²) in [6.07, 6.45) is 2.63. The summed E-state index contributed by atoms with van der Waals surface area (Å²) in [5, 5.41) is 6.12. The van der Waals surface area contributed by atoms with E-state index in [4.69, 9.17) is 0 Å². The van der Waals surface area contributed by atoms with Crippen LogP contribution < -0.4 is 10.6 Å². The van der Waals surface area contributed by atoms with Crippen LogP contribution in [0.15, 0.2) is 66.9 Å². The Balaban J connectivity index is 1.81. The van der Waals surface area contributed by atoms with Gasteiger partial charge in [-0.05, 0) is 61.2 Å². The molecule has 0 radical (unpaired) electrons. The number of likely N-dealkylation sites (N-methyl/N-ethyl adjacent to an activating group) is 1. The minimum Gasteiger partial charge on any atom is -0.358 e. The van der Waals surface area contributed by atoms with E-state index in [0.717, 1.165) is 28.8 Å². The van der Waals surface area contributed by atoms with Crippen LogP contribution in [-0.4, -0.2) is 24.5 Å². The number of halogens is 1. The topological polar surface area (TPSA) is 54.0 Å². The molecule has 30 heavy (non-hydrogen) atoms.